The quantitative estimate of drug-likeness (QED) is 0.774. The van der Waals surface area contributed by atoms with E-state index in [1.54, 1.807) is 0 Å². The number of para-hydroxylation sites is 2. The molecule has 0 unspecified atom stereocenters. The molecule has 3 rings (SSSR count). The number of aromatic nitrogens is 2. The van der Waals surface area contributed by atoms with Crippen LogP contribution in [0.2, 0.25) is 0 Å². The van der Waals surface area contributed by atoms with E-state index in [1.165, 1.54) is 0 Å². The van der Waals surface area contributed by atoms with Crippen molar-refractivity contribution in [2.75, 3.05) is 0 Å². The number of rotatable bonds is 5. The maximum Gasteiger partial charge on any atom is 0.251 e. The normalized spacial score (nSPS) is 11.2. The molecule has 0 aliphatic heterocycles. The molecule has 0 bridgehead atoms. The lowest BCUT2D eigenvalue weighted by atomic mass is 10.1. The fraction of sp³-hybridized carbons (Fsp3) is 0.300. The summed E-state index contributed by atoms with van der Waals surface area (Å²) >= 11 is 0. The van der Waals surface area contributed by atoms with E-state index in [9.17, 15) is 4.79 Å². The van der Waals surface area contributed by atoms with E-state index >= 15 is 0 Å². The number of amides is 1. The molecule has 0 atom stereocenters. The number of fused-ring (bicyclic) bond motifs is 1. The van der Waals surface area contributed by atoms with Gasteiger partial charge in [0.05, 0.1) is 17.6 Å². The highest BCUT2D eigenvalue weighted by Crippen LogP contribution is 2.18. The minimum atomic E-state index is -0.0712. The molecule has 0 fully saturated rings. The maximum absolute atomic E-state index is 12.3. The van der Waals surface area contributed by atoms with Crippen LogP contribution in [0.25, 0.3) is 11.0 Å². The predicted octanol–water partition coefficient (Wildman–Crippen LogP) is 3.93. The smallest absolute Gasteiger partial charge is 0.251 e. The van der Waals surface area contributed by atoms with Crippen molar-refractivity contribution in [3.8, 4) is 0 Å². The first-order chi connectivity index (χ1) is 11.5. The number of hydrogen-bond acceptors (Lipinski definition) is 2. The molecule has 24 heavy (non-hydrogen) atoms. The molecule has 3 aromatic rings. The van der Waals surface area contributed by atoms with Crippen LogP contribution in [0.5, 0.6) is 0 Å². The van der Waals surface area contributed by atoms with Crippen LogP contribution in [0.4, 0.5) is 0 Å². The minimum absolute atomic E-state index is 0.0712. The van der Waals surface area contributed by atoms with Crippen LogP contribution >= 0.6 is 0 Å². The number of imidazole rings is 1. The number of carbonyl (C=O) groups excluding carboxylic acids is 1. The predicted molar refractivity (Wildman–Crippen MR) is 96.9 cm³/mol. The van der Waals surface area contributed by atoms with Gasteiger partial charge in [0.15, 0.2) is 0 Å². The van der Waals surface area contributed by atoms with Gasteiger partial charge in [-0.05, 0) is 37.1 Å². The van der Waals surface area contributed by atoms with Crippen molar-refractivity contribution >= 4 is 16.9 Å². The largest absolute Gasteiger partial charge is 0.345 e. The van der Waals surface area contributed by atoms with Crippen molar-refractivity contribution in [1.82, 2.24) is 14.9 Å². The molecule has 4 nitrogen and oxygen atoms in total. The molecule has 0 aliphatic rings. The lowest BCUT2D eigenvalue weighted by Gasteiger charge is -2.12. The summed E-state index contributed by atoms with van der Waals surface area (Å²) in [4.78, 5) is 17.0. The molecule has 4 heteroatoms. The van der Waals surface area contributed by atoms with Gasteiger partial charge in [-0.2, -0.15) is 0 Å². The van der Waals surface area contributed by atoms with Crippen LogP contribution in [-0.4, -0.2) is 15.5 Å². The number of hydrogen-bond donors (Lipinski definition) is 1. The van der Waals surface area contributed by atoms with E-state index in [1.807, 2.05) is 49.4 Å². The van der Waals surface area contributed by atoms with E-state index < -0.39 is 0 Å². The van der Waals surface area contributed by atoms with E-state index in [0.29, 0.717) is 18.0 Å². The number of carbonyl (C=O) groups is 1. The van der Waals surface area contributed by atoms with Gasteiger partial charge in [0.1, 0.15) is 5.82 Å². The van der Waals surface area contributed by atoms with Crippen LogP contribution in [-0.2, 0) is 13.1 Å². The standard InChI is InChI=1S/C20H23N3O/c1-14(2)13-23-18-7-5-4-6-17(18)22-19(23)12-21-20(24)16-10-8-15(3)9-11-16/h4-11,14H,12-13H2,1-3H3,(H,21,24). The van der Waals surface area contributed by atoms with Gasteiger partial charge >= 0.3 is 0 Å². The Balaban J connectivity index is 1.81. The summed E-state index contributed by atoms with van der Waals surface area (Å²) in [6.45, 7) is 7.69. The molecule has 1 amide bonds. The fourth-order valence-corrected chi connectivity index (χ4v) is 2.80. The Morgan fingerprint density at radius 1 is 1.12 bits per heavy atom. The molecule has 124 valence electrons. The van der Waals surface area contributed by atoms with Crippen molar-refractivity contribution < 1.29 is 4.79 Å². The Morgan fingerprint density at radius 3 is 2.54 bits per heavy atom. The SMILES string of the molecule is Cc1ccc(C(=O)NCc2nc3ccccc3n2CC(C)C)cc1. The van der Waals surface area contributed by atoms with Gasteiger partial charge in [0.2, 0.25) is 0 Å². The Labute approximate surface area is 142 Å². The Bertz CT molecular complexity index is 847. The average molecular weight is 321 g/mol. The second-order valence-corrected chi connectivity index (χ2v) is 6.57. The third-order valence-electron chi connectivity index (χ3n) is 4.00. The minimum Gasteiger partial charge on any atom is -0.345 e. The average Bonchev–Trinajstić information content (AvgIpc) is 2.90. The zero-order valence-electron chi connectivity index (χ0n) is 14.4. The van der Waals surface area contributed by atoms with Gasteiger partial charge in [-0.25, -0.2) is 4.98 Å². The molecule has 1 heterocycles. The second-order valence-electron chi connectivity index (χ2n) is 6.57. The fourth-order valence-electron chi connectivity index (χ4n) is 2.80. The molecule has 0 saturated carbocycles. The number of nitrogens with one attached hydrogen (secondary N) is 1. The second kappa shape index (κ2) is 6.87. The van der Waals surface area contributed by atoms with Crippen molar-refractivity contribution in [1.29, 1.82) is 0 Å². The van der Waals surface area contributed by atoms with Crippen molar-refractivity contribution in [2.45, 2.75) is 33.9 Å². The molecule has 0 aliphatic carbocycles. The topological polar surface area (TPSA) is 46.9 Å². The highest BCUT2D eigenvalue weighted by atomic mass is 16.1. The molecule has 1 N–H and O–H groups in total. The lowest BCUT2D eigenvalue weighted by molar-refractivity contribution is 0.0949. The zero-order valence-corrected chi connectivity index (χ0v) is 14.4. The third kappa shape index (κ3) is 3.48. The van der Waals surface area contributed by atoms with Crippen LogP contribution in [0, 0.1) is 12.8 Å². The summed E-state index contributed by atoms with van der Waals surface area (Å²) < 4.78 is 2.20. The van der Waals surface area contributed by atoms with Crippen LogP contribution in [0.15, 0.2) is 48.5 Å². The monoisotopic (exact) mass is 321 g/mol. The number of nitrogens with zero attached hydrogens (tertiary/aromatic N) is 2. The summed E-state index contributed by atoms with van der Waals surface area (Å²) in [5, 5.41) is 2.99. The first-order valence-corrected chi connectivity index (χ1v) is 8.33. The third-order valence-corrected chi connectivity index (χ3v) is 4.00. The number of benzene rings is 2. The highest BCUT2D eigenvalue weighted by molar-refractivity contribution is 5.94. The van der Waals surface area contributed by atoms with Crippen LogP contribution < -0.4 is 5.32 Å². The summed E-state index contributed by atoms with van der Waals surface area (Å²) in [5.41, 5.74) is 3.90. The van der Waals surface area contributed by atoms with Gasteiger partial charge in [0.25, 0.3) is 5.91 Å². The summed E-state index contributed by atoms with van der Waals surface area (Å²) in [7, 11) is 0. The van der Waals surface area contributed by atoms with E-state index in [0.717, 1.165) is 29.0 Å². The van der Waals surface area contributed by atoms with Gasteiger partial charge in [-0.15, -0.1) is 0 Å². The van der Waals surface area contributed by atoms with E-state index in [-0.39, 0.29) is 5.91 Å². The van der Waals surface area contributed by atoms with Crippen molar-refractivity contribution in [3.63, 3.8) is 0 Å². The molecule has 1 aromatic heterocycles. The van der Waals surface area contributed by atoms with Crippen LogP contribution in [0.1, 0.15) is 35.6 Å². The van der Waals surface area contributed by atoms with E-state index in [4.69, 9.17) is 4.98 Å². The Morgan fingerprint density at radius 2 is 1.83 bits per heavy atom. The molecular weight excluding hydrogens is 298 g/mol. The highest BCUT2D eigenvalue weighted by Gasteiger charge is 2.13. The molecule has 0 saturated heterocycles. The van der Waals surface area contributed by atoms with Gasteiger partial charge < -0.3 is 9.88 Å². The lowest BCUT2D eigenvalue weighted by Crippen LogP contribution is -2.25. The molecular formula is C20H23N3O. The summed E-state index contributed by atoms with van der Waals surface area (Å²) in [5.74, 6) is 1.33. The van der Waals surface area contributed by atoms with Crippen LogP contribution in [0.3, 0.4) is 0 Å². The van der Waals surface area contributed by atoms with Crippen molar-refractivity contribution in [2.24, 2.45) is 5.92 Å². The van der Waals surface area contributed by atoms with E-state index in [2.05, 4.69) is 29.8 Å². The molecule has 0 spiro atoms. The first kappa shape index (κ1) is 16.2. The first-order valence-electron chi connectivity index (χ1n) is 8.33. The zero-order chi connectivity index (χ0) is 17.1. The van der Waals surface area contributed by atoms with Crippen molar-refractivity contribution in [3.05, 3.63) is 65.5 Å². The molecule has 0 radical (unpaired) electrons. The Kier molecular flexibility index (Phi) is 4.65. The number of aryl methyl sites for hydroxylation is 1. The molecule has 2 aromatic carbocycles. The Hall–Kier alpha value is -2.62. The summed E-state index contributed by atoms with van der Waals surface area (Å²) in [6.07, 6.45) is 0. The summed E-state index contributed by atoms with van der Waals surface area (Å²) in [6, 6.07) is 15.7. The van der Waals surface area contributed by atoms with Gasteiger partial charge in [-0.3, -0.25) is 4.79 Å². The maximum atomic E-state index is 12.3. The van der Waals surface area contributed by atoms with Gasteiger partial charge in [-0.1, -0.05) is 43.7 Å². The van der Waals surface area contributed by atoms with Gasteiger partial charge in [0, 0.05) is 12.1 Å².